The van der Waals surface area contributed by atoms with E-state index in [0.717, 1.165) is 37.1 Å². The van der Waals surface area contributed by atoms with Crippen LogP contribution < -0.4 is 16.0 Å². The average Bonchev–Trinajstić information content (AvgIpc) is 2.39. The highest BCUT2D eigenvalue weighted by molar-refractivity contribution is 5.84. The summed E-state index contributed by atoms with van der Waals surface area (Å²) in [5.74, 6) is 0. The van der Waals surface area contributed by atoms with Gasteiger partial charge in [0.2, 0.25) is 0 Å². The van der Waals surface area contributed by atoms with E-state index >= 15 is 0 Å². The van der Waals surface area contributed by atoms with Gasteiger partial charge in [-0.2, -0.15) is 0 Å². The predicted octanol–water partition coefficient (Wildman–Crippen LogP) is 1.23. The molecule has 0 unspecified atom stereocenters. The van der Waals surface area contributed by atoms with Crippen molar-refractivity contribution in [3.8, 4) is 0 Å². The molecule has 1 aromatic heterocycles. The van der Waals surface area contributed by atoms with Crippen molar-refractivity contribution in [3.63, 3.8) is 0 Å². The number of pyridine rings is 1. The fourth-order valence-electron chi connectivity index (χ4n) is 2.25. The summed E-state index contributed by atoms with van der Waals surface area (Å²) in [6, 6.07) is 8.34. The number of piperazine rings is 1. The normalized spacial score (nSPS) is 16.4. The number of nitrogens with zero attached hydrogens (tertiary/aromatic N) is 2. The summed E-state index contributed by atoms with van der Waals surface area (Å²) in [4.78, 5) is 6.75. The molecule has 3 N–H and O–H groups in total. The maximum atomic E-state index is 5.72. The Morgan fingerprint density at radius 2 is 2.00 bits per heavy atom. The molecule has 0 aliphatic carbocycles. The highest BCUT2D eigenvalue weighted by atomic mass is 15.2. The topological polar surface area (TPSA) is 54.2 Å². The van der Waals surface area contributed by atoms with E-state index in [4.69, 9.17) is 5.73 Å². The van der Waals surface area contributed by atoms with Gasteiger partial charge in [-0.1, -0.05) is 6.07 Å². The molecule has 2 heterocycles. The molecule has 1 saturated heterocycles. The minimum Gasteiger partial charge on any atom is -0.397 e. The lowest BCUT2D eigenvalue weighted by atomic mass is 10.1. The Kier molecular flexibility index (Phi) is 2.57. The molecule has 4 heteroatoms. The molecule has 1 aromatic carbocycles. The molecule has 2 aromatic rings. The Labute approximate surface area is 100 Å². The molecule has 0 radical (unpaired) electrons. The molecule has 0 bridgehead atoms. The number of rotatable bonds is 1. The number of fused-ring (bicyclic) bond motifs is 1. The van der Waals surface area contributed by atoms with Crippen LogP contribution in [0.2, 0.25) is 0 Å². The molecule has 0 saturated carbocycles. The van der Waals surface area contributed by atoms with Gasteiger partial charge in [-0.25, -0.2) is 0 Å². The van der Waals surface area contributed by atoms with E-state index in [1.165, 1.54) is 5.69 Å². The largest absolute Gasteiger partial charge is 0.397 e. The monoisotopic (exact) mass is 228 g/mol. The van der Waals surface area contributed by atoms with Gasteiger partial charge in [0.25, 0.3) is 0 Å². The lowest BCUT2D eigenvalue weighted by molar-refractivity contribution is 0.589. The first-order valence-corrected chi connectivity index (χ1v) is 5.94. The van der Waals surface area contributed by atoms with Crippen molar-refractivity contribution in [3.05, 3.63) is 30.5 Å². The maximum Gasteiger partial charge on any atom is 0.0724 e. The number of anilines is 2. The smallest absolute Gasteiger partial charge is 0.0724 e. The fourth-order valence-corrected chi connectivity index (χ4v) is 2.25. The molecule has 3 rings (SSSR count). The van der Waals surface area contributed by atoms with E-state index < -0.39 is 0 Å². The number of nitrogen functional groups attached to an aromatic ring is 1. The third-order valence-corrected chi connectivity index (χ3v) is 3.17. The zero-order valence-corrected chi connectivity index (χ0v) is 9.69. The summed E-state index contributed by atoms with van der Waals surface area (Å²) >= 11 is 0. The number of hydrogen-bond donors (Lipinski definition) is 2. The summed E-state index contributed by atoms with van der Waals surface area (Å²) in [5, 5.41) is 4.46. The van der Waals surface area contributed by atoms with Gasteiger partial charge in [0.1, 0.15) is 0 Å². The molecule has 1 fully saturated rings. The minimum atomic E-state index is 0.715. The van der Waals surface area contributed by atoms with E-state index in [-0.39, 0.29) is 0 Å². The van der Waals surface area contributed by atoms with Gasteiger partial charge in [0, 0.05) is 37.3 Å². The van der Waals surface area contributed by atoms with Gasteiger partial charge in [0.15, 0.2) is 0 Å². The molecular formula is C13H16N4. The molecule has 0 amide bonds. The second-order valence-corrected chi connectivity index (χ2v) is 4.38. The zero-order valence-electron chi connectivity index (χ0n) is 9.69. The van der Waals surface area contributed by atoms with Gasteiger partial charge >= 0.3 is 0 Å². The fraction of sp³-hybridized carbons (Fsp3) is 0.308. The van der Waals surface area contributed by atoms with Gasteiger partial charge in [-0.15, -0.1) is 0 Å². The van der Waals surface area contributed by atoms with Crippen molar-refractivity contribution in [2.24, 2.45) is 0 Å². The number of nitrogens with one attached hydrogen (secondary N) is 1. The number of benzene rings is 1. The van der Waals surface area contributed by atoms with Gasteiger partial charge < -0.3 is 16.0 Å². The van der Waals surface area contributed by atoms with Crippen LogP contribution >= 0.6 is 0 Å². The second-order valence-electron chi connectivity index (χ2n) is 4.38. The van der Waals surface area contributed by atoms with Crippen LogP contribution in [0.5, 0.6) is 0 Å². The SMILES string of the molecule is Nc1cnc2cc(N3CCNCC3)ccc2c1. The first kappa shape index (κ1) is 10.4. The zero-order chi connectivity index (χ0) is 11.7. The Hall–Kier alpha value is -1.81. The Morgan fingerprint density at radius 1 is 1.18 bits per heavy atom. The van der Waals surface area contributed by atoms with Crippen LogP contribution in [-0.4, -0.2) is 31.2 Å². The minimum absolute atomic E-state index is 0.715. The van der Waals surface area contributed by atoms with Crippen LogP contribution in [-0.2, 0) is 0 Å². The van der Waals surface area contributed by atoms with Crippen LogP contribution in [0.25, 0.3) is 10.9 Å². The maximum absolute atomic E-state index is 5.72. The Balaban J connectivity index is 1.98. The van der Waals surface area contributed by atoms with E-state index in [9.17, 15) is 0 Å². The third kappa shape index (κ3) is 2.03. The molecule has 17 heavy (non-hydrogen) atoms. The van der Waals surface area contributed by atoms with E-state index in [2.05, 4.69) is 33.4 Å². The Morgan fingerprint density at radius 3 is 2.82 bits per heavy atom. The summed E-state index contributed by atoms with van der Waals surface area (Å²) in [5.41, 5.74) is 8.69. The predicted molar refractivity (Wildman–Crippen MR) is 71.2 cm³/mol. The van der Waals surface area contributed by atoms with Gasteiger partial charge in [-0.05, 0) is 18.2 Å². The van der Waals surface area contributed by atoms with Crippen molar-refractivity contribution >= 4 is 22.3 Å². The summed E-state index contributed by atoms with van der Waals surface area (Å²) in [6.07, 6.45) is 1.71. The van der Waals surface area contributed by atoms with Gasteiger partial charge in [0.05, 0.1) is 17.4 Å². The summed E-state index contributed by atoms with van der Waals surface area (Å²) in [6.45, 7) is 4.21. The number of hydrogen-bond acceptors (Lipinski definition) is 4. The lowest BCUT2D eigenvalue weighted by Crippen LogP contribution is -2.43. The van der Waals surface area contributed by atoms with E-state index in [0.29, 0.717) is 5.69 Å². The van der Waals surface area contributed by atoms with E-state index in [1.807, 2.05) is 6.07 Å². The first-order chi connectivity index (χ1) is 8.33. The lowest BCUT2D eigenvalue weighted by Gasteiger charge is -2.29. The van der Waals surface area contributed by atoms with E-state index in [1.54, 1.807) is 6.20 Å². The van der Waals surface area contributed by atoms with Crippen molar-refractivity contribution < 1.29 is 0 Å². The van der Waals surface area contributed by atoms with Crippen molar-refractivity contribution in [1.29, 1.82) is 0 Å². The summed E-state index contributed by atoms with van der Waals surface area (Å²) in [7, 11) is 0. The highest BCUT2D eigenvalue weighted by Crippen LogP contribution is 2.22. The average molecular weight is 228 g/mol. The third-order valence-electron chi connectivity index (χ3n) is 3.17. The van der Waals surface area contributed by atoms with Crippen LogP contribution in [0.1, 0.15) is 0 Å². The summed E-state index contributed by atoms with van der Waals surface area (Å²) < 4.78 is 0. The molecule has 1 aliphatic heterocycles. The molecular weight excluding hydrogens is 212 g/mol. The quantitative estimate of drug-likeness (QED) is 0.770. The van der Waals surface area contributed by atoms with Crippen LogP contribution in [0.3, 0.4) is 0 Å². The molecule has 1 aliphatic rings. The second kappa shape index (κ2) is 4.22. The van der Waals surface area contributed by atoms with Crippen LogP contribution in [0.4, 0.5) is 11.4 Å². The van der Waals surface area contributed by atoms with Crippen molar-refractivity contribution in [2.45, 2.75) is 0 Å². The van der Waals surface area contributed by atoms with Gasteiger partial charge in [-0.3, -0.25) is 4.98 Å². The van der Waals surface area contributed by atoms with Crippen LogP contribution in [0, 0.1) is 0 Å². The van der Waals surface area contributed by atoms with Crippen molar-refractivity contribution in [1.82, 2.24) is 10.3 Å². The number of aromatic nitrogens is 1. The molecule has 0 spiro atoms. The molecule has 88 valence electrons. The van der Waals surface area contributed by atoms with Crippen LogP contribution in [0.15, 0.2) is 30.5 Å². The standard InChI is InChI=1S/C13H16N4/c14-11-7-10-1-2-12(8-13(10)16-9-11)17-5-3-15-4-6-17/h1-2,7-9,15H,3-6,14H2. The first-order valence-electron chi connectivity index (χ1n) is 5.94. The molecule has 0 atom stereocenters. The molecule has 4 nitrogen and oxygen atoms in total. The van der Waals surface area contributed by atoms with Crippen molar-refractivity contribution in [2.75, 3.05) is 36.8 Å². The number of nitrogens with two attached hydrogens (primary N) is 1. The Bertz CT molecular complexity index is 532. The highest BCUT2D eigenvalue weighted by Gasteiger charge is 2.10.